The Hall–Kier alpha value is -0.470. The zero-order valence-electron chi connectivity index (χ0n) is 11.0. The van der Waals surface area contributed by atoms with Crippen molar-refractivity contribution in [3.63, 3.8) is 0 Å². The number of hydrogen-bond acceptors (Lipinski definition) is 2. The molecule has 0 saturated heterocycles. The van der Waals surface area contributed by atoms with E-state index in [1.807, 2.05) is 13.0 Å². The average molecular weight is 287 g/mol. The molecule has 0 unspecified atom stereocenters. The minimum Gasteiger partial charge on any atom is -0.380 e. The number of aryl methyl sites for hydroxylation is 1. The zero-order chi connectivity index (χ0) is 13.1. The van der Waals surface area contributed by atoms with Crippen LogP contribution in [-0.2, 0) is 0 Å². The van der Waals surface area contributed by atoms with Gasteiger partial charge in [-0.2, -0.15) is 0 Å². The highest BCUT2D eigenvalue weighted by Crippen LogP contribution is 2.32. The summed E-state index contributed by atoms with van der Waals surface area (Å²) in [6.07, 6.45) is 6.36. The summed E-state index contributed by atoms with van der Waals surface area (Å²) in [5.74, 6) is 0.906. The van der Waals surface area contributed by atoms with Gasteiger partial charge in [0.15, 0.2) is 5.15 Å². The fraction of sp³-hybridized carbons (Fsp3) is 0.643. The summed E-state index contributed by atoms with van der Waals surface area (Å²) < 4.78 is 0. The lowest BCUT2D eigenvalue weighted by Gasteiger charge is -2.29. The summed E-state index contributed by atoms with van der Waals surface area (Å²) in [5, 5.41) is 4.48. The molecule has 4 heteroatoms. The highest BCUT2D eigenvalue weighted by Gasteiger charge is 2.21. The van der Waals surface area contributed by atoms with Crippen LogP contribution >= 0.6 is 23.2 Å². The van der Waals surface area contributed by atoms with Gasteiger partial charge in [0.2, 0.25) is 0 Å². The molecule has 1 N–H and O–H groups in total. The Morgan fingerprint density at radius 1 is 1.28 bits per heavy atom. The van der Waals surface area contributed by atoms with Gasteiger partial charge in [-0.3, -0.25) is 0 Å². The molecule has 1 aromatic heterocycles. The fourth-order valence-corrected chi connectivity index (χ4v) is 3.27. The van der Waals surface area contributed by atoms with Crippen molar-refractivity contribution in [2.75, 3.05) is 5.32 Å². The molecule has 1 fully saturated rings. The third-order valence-corrected chi connectivity index (χ3v) is 4.38. The number of anilines is 1. The van der Waals surface area contributed by atoms with Gasteiger partial charge in [0.1, 0.15) is 5.15 Å². The number of hydrogen-bond donors (Lipinski definition) is 1. The molecular weight excluding hydrogens is 267 g/mol. The zero-order valence-corrected chi connectivity index (χ0v) is 12.5. The second-order valence-electron chi connectivity index (χ2n) is 5.20. The van der Waals surface area contributed by atoms with E-state index in [-0.39, 0.29) is 0 Å². The Morgan fingerprint density at radius 3 is 2.50 bits per heavy atom. The molecule has 0 aliphatic heterocycles. The number of pyridine rings is 1. The number of nitrogens with one attached hydrogen (secondary N) is 1. The monoisotopic (exact) mass is 286 g/mol. The van der Waals surface area contributed by atoms with Crippen LogP contribution in [0.5, 0.6) is 0 Å². The average Bonchev–Trinajstić information content (AvgIpc) is 2.34. The highest BCUT2D eigenvalue weighted by molar-refractivity contribution is 6.34. The molecule has 1 saturated carbocycles. The van der Waals surface area contributed by atoms with Crippen LogP contribution in [0.3, 0.4) is 0 Å². The predicted octanol–water partition coefficient (Wildman–Crippen LogP) is 5.08. The summed E-state index contributed by atoms with van der Waals surface area (Å²) in [4.78, 5) is 4.10. The van der Waals surface area contributed by atoms with Crippen molar-refractivity contribution in [1.29, 1.82) is 0 Å². The van der Waals surface area contributed by atoms with Crippen molar-refractivity contribution in [3.05, 3.63) is 21.9 Å². The molecule has 18 heavy (non-hydrogen) atoms. The number of nitrogens with zero attached hydrogens (tertiary/aromatic N) is 1. The summed E-state index contributed by atoms with van der Waals surface area (Å²) >= 11 is 12.0. The van der Waals surface area contributed by atoms with E-state index in [1.54, 1.807) is 0 Å². The van der Waals surface area contributed by atoms with E-state index in [4.69, 9.17) is 23.2 Å². The maximum Gasteiger partial charge on any atom is 0.154 e. The second-order valence-corrected chi connectivity index (χ2v) is 5.94. The summed E-state index contributed by atoms with van der Waals surface area (Å²) in [6.45, 7) is 4.29. The molecule has 1 aliphatic rings. The third-order valence-electron chi connectivity index (χ3n) is 3.91. The van der Waals surface area contributed by atoms with Crippen molar-refractivity contribution in [2.45, 2.75) is 52.0 Å². The van der Waals surface area contributed by atoms with Gasteiger partial charge in [0.25, 0.3) is 0 Å². The number of aromatic nitrogens is 1. The van der Waals surface area contributed by atoms with Crippen LogP contribution in [0.1, 0.15) is 44.6 Å². The van der Waals surface area contributed by atoms with Crippen molar-refractivity contribution in [1.82, 2.24) is 4.98 Å². The Morgan fingerprint density at radius 2 is 1.94 bits per heavy atom. The molecule has 1 aromatic rings. The van der Waals surface area contributed by atoms with Gasteiger partial charge in [-0.05, 0) is 50.2 Å². The fourth-order valence-electron chi connectivity index (χ4n) is 2.69. The van der Waals surface area contributed by atoms with Crippen LogP contribution in [-0.4, -0.2) is 11.0 Å². The van der Waals surface area contributed by atoms with Crippen molar-refractivity contribution >= 4 is 28.9 Å². The van der Waals surface area contributed by atoms with Crippen LogP contribution < -0.4 is 5.32 Å². The maximum absolute atomic E-state index is 6.15. The van der Waals surface area contributed by atoms with Gasteiger partial charge in [0.05, 0.1) is 5.69 Å². The summed E-state index contributed by atoms with van der Waals surface area (Å²) in [5.41, 5.74) is 2.01. The second kappa shape index (κ2) is 6.12. The minimum absolute atomic E-state index is 0.456. The SMILES string of the molecule is CCC1CCC(Nc2c(C)cc(Cl)nc2Cl)CC1. The topological polar surface area (TPSA) is 24.9 Å². The van der Waals surface area contributed by atoms with E-state index in [9.17, 15) is 0 Å². The van der Waals surface area contributed by atoms with Crippen LogP contribution in [0.4, 0.5) is 5.69 Å². The number of halogens is 2. The summed E-state index contributed by atoms with van der Waals surface area (Å²) in [6, 6.07) is 2.37. The molecule has 1 heterocycles. The Balaban J connectivity index is 2.02. The first-order chi connectivity index (χ1) is 8.60. The Kier molecular flexibility index (Phi) is 4.74. The van der Waals surface area contributed by atoms with Gasteiger partial charge >= 0.3 is 0 Å². The Bertz CT molecular complexity index is 389. The third kappa shape index (κ3) is 3.30. The van der Waals surface area contributed by atoms with Crippen LogP contribution in [0.15, 0.2) is 6.07 Å². The maximum atomic E-state index is 6.15. The van der Waals surface area contributed by atoms with Crippen LogP contribution in [0.25, 0.3) is 0 Å². The van der Waals surface area contributed by atoms with Crippen LogP contribution in [0, 0.1) is 12.8 Å². The Labute approximate surface area is 119 Å². The van der Waals surface area contributed by atoms with Crippen molar-refractivity contribution in [3.8, 4) is 0 Å². The molecule has 0 amide bonds. The minimum atomic E-state index is 0.456. The van der Waals surface area contributed by atoms with Gasteiger partial charge in [-0.1, -0.05) is 36.5 Å². The first-order valence-electron chi connectivity index (χ1n) is 6.69. The van der Waals surface area contributed by atoms with E-state index in [2.05, 4.69) is 17.2 Å². The normalized spacial score (nSPS) is 24.0. The van der Waals surface area contributed by atoms with Gasteiger partial charge in [-0.15, -0.1) is 0 Å². The molecule has 0 aromatic carbocycles. The molecule has 0 radical (unpaired) electrons. The van der Waals surface area contributed by atoms with Crippen molar-refractivity contribution < 1.29 is 0 Å². The molecular formula is C14H20Cl2N2. The number of rotatable bonds is 3. The van der Waals surface area contributed by atoms with E-state index in [0.717, 1.165) is 17.2 Å². The molecule has 2 rings (SSSR count). The molecule has 1 aliphatic carbocycles. The molecule has 2 nitrogen and oxygen atoms in total. The molecule has 0 bridgehead atoms. The lowest BCUT2D eigenvalue weighted by atomic mass is 9.84. The molecule has 100 valence electrons. The van der Waals surface area contributed by atoms with E-state index in [1.165, 1.54) is 32.1 Å². The van der Waals surface area contributed by atoms with Gasteiger partial charge in [0, 0.05) is 6.04 Å². The van der Waals surface area contributed by atoms with Gasteiger partial charge < -0.3 is 5.32 Å². The summed E-state index contributed by atoms with van der Waals surface area (Å²) in [7, 11) is 0. The largest absolute Gasteiger partial charge is 0.380 e. The van der Waals surface area contributed by atoms with E-state index >= 15 is 0 Å². The first-order valence-corrected chi connectivity index (χ1v) is 7.45. The van der Waals surface area contributed by atoms with Crippen molar-refractivity contribution in [2.24, 2.45) is 5.92 Å². The van der Waals surface area contributed by atoms with Gasteiger partial charge in [-0.25, -0.2) is 4.98 Å². The highest BCUT2D eigenvalue weighted by atomic mass is 35.5. The van der Waals surface area contributed by atoms with Crippen LogP contribution in [0.2, 0.25) is 10.3 Å². The smallest absolute Gasteiger partial charge is 0.154 e. The van der Waals surface area contributed by atoms with E-state index < -0.39 is 0 Å². The standard InChI is InChI=1S/C14H20Cl2N2/c1-3-10-4-6-11(7-5-10)17-13-9(2)8-12(15)18-14(13)16/h8,10-11,17H,3-7H2,1-2H3. The first kappa shape index (κ1) is 14.0. The van der Waals surface area contributed by atoms with E-state index in [0.29, 0.717) is 16.3 Å². The predicted molar refractivity (Wildman–Crippen MR) is 78.7 cm³/mol. The lowest BCUT2D eigenvalue weighted by Crippen LogP contribution is -2.26. The quantitative estimate of drug-likeness (QED) is 0.784. The lowest BCUT2D eigenvalue weighted by molar-refractivity contribution is 0.330. The molecule has 0 spiro atoms. The molecule has 0 atom stereocenters.